The number of morpholine rings is 1. The molecule has 0 aromatic heterocycles. The second kappa shape index (κ2) is 5.76. The van der Waals surface area contributed by atoms with Crippen LogP contribution in [0.2, 0.25) is 0 Å². The monoisotopic (exact) mass is 255 g/mol. The summed E-state index contributed by atoms with van der Waals surface area (Å²) in [6.07, 6.45) is 1.63. The molecule has 1 aliphatic rings. The first-order valence-electron chi connectivity index (χ1n) is 6.43. The fourth-order valence-electron chi connectivity index (χ4n) is 2.29. The van der Waals surface area contributed by atoms with Crippen molar-refractivity contribution in [1.29, 1.82) is 0 Å². The second-order valence-electron chi connectivity index (χ2n) is 4.82. The van der Waals surface area contributed by atoms with E-state index in [0.29, 0.717) is 17.7 Å². The van der Waals surface area contributed by atoms with Gasteiger partial charge in [0.15, 0.2) is 0 Å². The van der Waals surface area contributed by atoms with Gasteiger partial charge in [-0.25, -0.2) is 8.78 Å². The molecule has 1 saturated heterocycles. The highest BCUT2D eigenvalue weighted by molar-refractivity contribution is 5.27. The van der Waals surface area contributed by atoms with E-state index in [1.807, 2.05) is 0 Å². The zero-order valence-electron chi connectivity index (χ0n) is 10.8. The predicted octanol–water partition coefficient (Wildman–Crippen LogP) is 3.10. The molecule has 2 atom stereocenters. The molecule has 1 heterocycles. The van der Waals surface area contributed by atoms with Crippen molar-refractivity contribution in [3.8, 4) is 0 Å². The Hall–Kier alpha value is -1.00. The van der Waals surface area contributed by atoms with Gasteiger partial charge in [0.2, 0.25) is 0 Å². The van der Waals surface area contributed by atoms with E-state index in [0.717, 1.165) is 19.4 Å². The zero-order chi connectivity index (χ0) is 13.1. The van der Waals surface area contributed by atoms with Crippen LogP contribution >= 0.6 is 0 Å². The number of benzene rings is 1. The van der Waals surface area contributed by atoms with E-state index >= 15 is 0 Å². The first kappa shape index (κ1) is 13.4. The smallest absolute Gasteiger partial charge is 0.129 e. The van der Waals surface area contributed by atoms with Crippen LogP contribution < -0.4 is 5.32 Å². The number of halogens is 2. The Bertz CT molecular complexity index is 421. The number of hydrogen-bond acceptors (Lipinski definition) is 2. The molecule has 0 aliphatic carbocycles. The third-order valence-electron chi connectivity index (χ3n) is 3.29. The first-order chi connectivity index (χ1) is 8.61. The van der Waals surface area contributed by atoms with Crippen LogP contribution in [0.4, 0.5) is 8.78 Å². The van der Waals surface area contributed by atoms with Gasteiger partial charge in [-0.05, 0) is 31.0 Å². The topological polar surface area (TPSA) is 21.3 Å². The number of ether oxygens (including phenoxy) is 1. The molecule has 0 bridgehead atoms. The van der Waals surface area contributed by atoms with Gasteiger partial charge < -0.3 is 10.1 Å². The van der Waals surface area contributed by atoms with E-state index < -0.39 is 11.9 Å². The molecule has 0 saturated carbocycles. The lowest BCUT2D eigenvalue weighted by Gasteiger charge is -2.31. The lowest BCUT2D eigenvalue weighted by Crippen LogP contribution is -2.40. The quantitative estimate of drug-likeness (QED) is 0.896. The van der Waals surface area contributed by atoms with Crippen LogP contribution in [0.15, 0.2) is 12.1 Å². The third-order valence-corrected chi connectivity index (χ3v) is 3.29. The van der Waals surface area contributed by atoms with Gasteiger partial charge in [0.05, 0.1) is 12.2 Å². The van der Waals surface area contributed by atoms with Crippen molar-refractivity contribution in [2.75, 3.05) is 13.1 Å². The van der Waals surface area contributed by atoms with Gasteiger partial charge in [0.1, 0.15) is 11.6 Å². The SMILES string of the molecule is CCCC1CNCC(c2cc(F)c(C)cc2F)O1. The molecule has 2 rings (SSSR count). The number of hydrogen-bond donors (Lipinski definition) is 1. The fourth-order valence-corrected chi connectivity index (χ4v) is 2.29. The number of rotatable bonds is 3. The summed E-state index contributed by atoms with van der Waals surface area (Å²) in [5.74, 6) is -0.773. The molecular weight excluding hydrogens is 236 g/mol. The molecule has 100 valence electrons. The third kappa shape index (κ3) is 2.87. The molecule has 1 N–H and O–H groups in total. The van der Waals surface area contributed by atoms with Crippen LogP contribution in [0, 0.1) is 18.6 Å². The standard InChI is InChI=1S/C14H19F2NO/c1-3-4-10-7-17-8-14(18-10)11-6-12(15)9(2)5-13(11)16/h5-6,10,14,17H,3-4,7-8H2,1-2H3. The normalized spacial score (nSPS) is 24.2. The maximum atomic E-state index is 13.9. The van der Waals surface area contributed by atoms with Gasteiger partial charge >= 0.3 is 0 Å². The van der Waals surface area contributed by atoms with Crippen LogP contribution in [0.3, 0.4) is 0 Å². The van der Waals surface area contributed by atoms with Crippen LogP contribution in [0.1, 0.15) is 37.0 Å². The van der Waals surface area contributed by atoms with Gasteiger partial charge in [-0.1, -0.05) is 13.3 Å². The van der Waals surface area contributed by atoms with Gasteiger partial charge in [-0.2, -0.15) is 0 Å². The molecule has 0 amide bonds. The van der Waals surface area contributed by atoms with Crippen molar-refractivity contribution in [3.05, 3.63) is 34.9 Å². The highest BCUT2D eigenvalue weighted by atomic mass is 19.1. The summed E-state index contributed by atoms with van der Waals surface area (Å²) in [5, 5.41) is 3.22. The maximum absolute atomic E-state index is 13.9. The maximum Gasteiger partial charge on any atom is 0.129 e. The van der Waals surface area contributed by atoms with Crippen LogP contribution in [-0.2, 0) is 4.74 Å². The molecule has 1 fully saturated rings. The largest absolute Gasteiger partial charge is 0.368 e. The first-order valence-corrected chi connectivity index (χ1v) is 6.43. The molecule has 1 aliphatic heterocycles. The molecule has 2 unspecified atom stereocenters. The Morgan fingerprint density at radius 2 is 2.06 bits per heavy atom. The van der Waals surface area contributed by atoms with E-state index in [9.17, 15) is 8.78 Å². The van der Waals surface area contributed by atoms with E-state index in [4.69, 9.17) is 4.74 Å². The predicted molar refractivity (Wildman–Crippen MR) is 66.5 cm³/mol. The van der Waals surface area contributed by atoms with E-state index in [1.165, 1.54) is 12.1 Å². The Kier molecular flexibility index (Phi) is 4.30. The van der Waals surface area contributed by atoms with Gasteiger partial charge in [0, 0.05) is 18.7 Å². The van der Waals surface area contributed by atoms with Crippen molar-refractivity contribution in [1.82, 2.24) is 5.32 Å². The van der Waals surface area contributed by atoms with Crippen LogP contribution in [0.5, 0.6) is 0 Å². The summed E-state index contributed by atoms with van der Waals surface area (Å²) in [4.78, 5) is 0. The average Bonchev–Trinajstić information content (AvgIpc) is 2.34. The highest BCUT2D eigenvalue weighted by Gasteiger charge is 2.25. The second-order valence-corrected chi connectivity index (χ2v) is 4.82. The summed E-state index contributed by atoms with van der Waals surface area (Å²) < 4.78 is 33.2. The minimum Gasteiger partial charge on any atom is -0.368 e. The minimum absolute atomic E-state index is 0.0810. The molecule has 18 heavy (non-hydrogen) atoms. The number of aryl methyl sites for hydroxylation is 1. The molecule has 2 nitrogen and oxygen atoms in total. The van der Waals surface area contributed by atoms with Crippen molar-refractivity contribution in [2.24, 2.45) is 0 Å². The molecule has 1 aromatic rings. The van der Waals surface area contributed by atoms with Gasteiger partial charge in [-0.3, -0.25) is 0 Å². The van der Waals surface area contributed by atoms with Crippen molar-refractivity contribution in [2.45, 2.75) is 38.9 Å². The summed E-state index contributed by atoms with van der Waals surface area (Å²) in [6, 6.07) is 2.49. The molecular formula is C14H19F2NO. The van der Waals surface area contributed by atoms with Gasteiger partial charge in [-0.15, -0.1) is 0 Å². The van der Waals surface area contributed by atoms with Crippen LogP contribution in [0.25, 0.3) is 0 Å². The van der Waals surface area contributed by atoms with E-state index in [-0.39, 0.29) is 11.9 Å². The van der Waals surface area contributed by atoms with Crippen molar-refractivity contribution < 1.29 is 13.5 Å². The average molecular weight is 255 g/mol. The Morgan fingerprint density at radius 3 is 2.78 bits per heavy atom. The van der Waals surface area contributed by atoms with E-state index in [1.54, 1.807) is 6.92 Å². The molecule has 0 radical (unpaired) electrons. The molecule has 4 heteroatoms. The fraction of sp³-hybridized carbons (Fsp3) is 0.571. The Morgan fingerprint density at radius 1 is 1.28 bits per heavy atom. The molecule has 0 spiro atoms. The Labute approximate surface area is 106 Å². The van der Waals surface area contributed by atoms with Crippen LogP contribution in [-0.4, -0.2) is 19.2 Å². The van der Waals surface area contributed by atoms with Crippen molar-refractivity contribution >= 4 is 0 Å². The summed E-state index contributed by atoms with van der Waals surface area (Å²) in [6.45, 7) is 4.95. The van der Waals surface area contributed by atoms with Crippen molar-refractivity contribution in [3.63, 3.8) is 0 Å². The van der Waals surface area contributed by atoms with E-state index in [2.05, 4.69) is 12.2 Å². The molecule has 1 aromatic carbocycles. The minimum atomic E-state index is -0.398. The Balaban J connectivity index is 2.18. The lowest BCUT2D eigenvalue weighted by molar-refractivity contribution is -0.0441. The summed E-state index contributed by atoms with van der Waals surface area (Å²) in [7, 11) is 0. The highest BCUT2D eigenvalue weighted by Crippen LogP contribution is 2.27. The van der Waals surface area contributed by atoms with Gasteiger partial charge in [0.25, 0.3) is 0 Å². The zero-order valence-corrected chi connectivity index (χ0v) is 10.8. The number of nitrogens with one attached hydrogen (secondary N) is 1. The lowest BCUT2D eigenvalue weighted by atomic mass is 10.0. The summed E-state index contributed by atoms with van der Waals surface area (Å²) in [5.41, 5.74) is 0.636. The summed E-state index contributed by atoms with van der Waals surface area (Å²) >= 11 is 0.